The summed E-state index contributed by atoms with van der Waals surface area (Å²) in [6.07, 6.45) is 2.00. The molecule has 1 atom stereocenters. The molecule has 0 saturated carbocycles. The lowest BCUT2D eigenvalue weighted by Crippen LogP contribution is -2.43. The quantitative estimate of drug-likeness (QED) is 0.310. The van der Waals surface area contributed by atoms with Crippen molar-refractivity contribution in [3.05, 3.63) is 105 Å². The smallest absolute Gasteiger partial charge is 0.332 e. The number of aromatic nitrogens is 2. The average Bonchev–Trinajstić information content (AvgIpc) is 3.51. The number of hydrogen-bond donors (Lipinski definition) is 2. The first kappa shape index (κ1) is 27.9. The Morgan fingerprint density at radius 3 is 2.49 bits per heavy atom. The molecule has 0 bridgehead atoms. The maximum atomic E-state index is 13.6. The molecular weight excluding hydrogens is 524 g/mol. The predicted molar refractivity (Wildman–Crippen MR) is 156 cm³/mol. The molecule has 212 valence electrons. The van der Waals surface area contributed by atoms with Gasteiger partial charge in [0.1, 0.15) is 12.3 Å². The standard InChI is InChI=1S/C31H32N4O6/c1-40-24-12-10-23(11-13-24)33-28(36)20-34-27-18-22(29(37)32-16-15-21-6-3-2-4-7-21)9-14-26(27)30(38)35(31(34)39)19-25-8-5-17-41-25/h2-4,6-7,9-14,18,25H,5,8,15-17,19-20H2,1H3,(H,32,37)(H,33,36). The molecule has 1 aromatic heterocycles. The minimum absolute atomic E-state index is 0.0927. The summed E-state index contributed by atoms with van der Waals surface area (Å²) in [4.78, 5) is 53.1. The van der Waals surface area contributed by atoms with Crippen molar-refractivity contribution in [2.24, 2.45) is 0 Å². The topological polar surface area (TPSA) is 121 Å². The van der Waals surface area contributed by atoms with Crippen LogP contribution in [0.5, 0.6) is 5.75 Å². The number of carbonyl (C=O) groups excluding carboxylic acids is 2. The Balaban J connectivity index is 1.45. The van der Waals surface area contributed by atoms with E-state index in [0.717, 1.165) is 23.0 Å². The Bertz CT molecular complexity index is 1650. The molecule has 4 aromatic rings. The molecule has 0 aliphatic carbocycles. The minimum atomic E-state index is -0.635. The Morgan fingerprint density at radius 2 is 1.78 bits per heavy atom. The number of rotatable bonds is 10. The van der Waals surface area contributed by atoms with E-state index in [0.29, 0.717) is 31.0 Å². The number of benzene rings is 3. The van der Waals surface area contributed by atoms with Crippen LogP contribution in [0.3, 0.4) is 0 Å². The fourth-order valence-electron chi connectivity index (χ4n) is 4.95. The third kappa shape index (κ3) is 6.55. The van der Waals surface area contributed by atoms with E-state index in [9.17, 15) is 19.2 Å². The predicted octanol–water partition coefficient (Wildman–Crippen LogP) is 2.96. The van der Waals surface area contributed by atoms with E-state index in [1.165, 1.54) is 16.7 Å². The minimum Gasteiger partial charge on any atom is -0.497 e. The zero-order valence-corrected chi connectivity index (χ0v) is 22.8. The SMILES string of the molecule is COc1ccc(NC(=O)Cn2c(=O)n(CC3CCCO3)c(=O)c3ccc(C(=O)NCCc4ccccc4)cc32)cc1. The van der Waals surface area contributed by atoms with Crippen LogP contribution in [-0.4, -0.2) is 47.3 Å². The summed E-state index contributed by atoms with van der Waals surface area (Å²) in [5, 5.41) is 5.90. The van der Waals surface area contributed by atoms with Crippen molar-refractivity contribution < 1.29 is 19.1 Å². The van der Waals surface area contributed by atoms with Crippen LogP contribution in [0.2, 0.25) is 0 Å². The van der Waals surface area contributed by atoms with Gasteiger partial charge in [-0.3, -0.25) is 23.5 Å². The van der Waals surface area contributed by atoms with Crippen LogP contribution in [-0.2, 0) is 29.0 Å². The van der Waals surface area contributed by atoms with Gasteiger partial charge in [-0.15, -0.1) is 0 Å². The molecule has 41 heavy (non-hydrogen) atoms. The number of ether oxygens (including phenoxy) is 2. The van der Waals surface area contributed by atoms with Gasteiger partial charge in [0, 0.05) is 24.4 Å². The number of anilines is 1. The zero-order chi connectivity index (χ0) is 28.8. The number of nitrogens with one attached hydrogen (secondary N) is 2. The van der Waals surface area contributed by atoms with Gasteiger partial charge < -0.3 is 20.1 Å². The molecule has 1 aliphatic rings. The summed E-state index contributed by atoms with van der Waals surface area (Å²) in [6, 6.07) is 21.2. The van der Waals surface area contributed by atoms with Crippen LogP contribution in [0.25, 0.3) is 10.9 Å². The molecule has 1 aliphatic heterocycles. The lowest BCUT2D eigenvalue weighted by Gasteiger charge is -2.17. The van der Waals surface area contributed by atoms with E-state index < -0.39 is 17.2 Å². The molecule has 10 heteroatoms. The molecule has 1 fully saturated rings. The van der Waals surface area contributed by atoms with Crippen molar-refractivity contribution in [3.8, 4) is 5.75 Å². The average molecular weight is 557 g/mol. The first-order chi connectivity index (χ1) is 19.9. The second-order valence-corrected chi connectivity index (χ2v) is 9.92. The van der Waals surface area contributed by atoms with E-state index in [1.807, 2.05) is 30.3 Å². The molecule has 2 heterocycles. The molecule has 5 rings (SSSR count). The molecule has 2 N–H and O–H groups in total. The van der Waals surface area contributed by atoms with Crippen LogP contribution < -0.4 is 26.6 Å². The fraction of sp³-hybridized carbons (Fsp3) is 0.290. The summed E-state index contributed by atoms with van der Waals surface area (Å²) in [7, 11) is 1.55. The number of methoxy groups -OCH3 is 1. The fourth-order valence-corrected chi connectivity index (χ4v) is 4.95. The highest BCUT2D eigenvalue weighted by Crippen LogP contribution is 2.17. The lowest BCUT2D eigenvalue weighted by molar-refractivity contribution is -0.116. The second-order valence-electron chi connectivity index (χ2n) is 9.92. The van der Waals surface area contributed by atoms with Gasteiger partial charge >= 0.3 is 5.69 Å². The summed E-state index contributed by atoms with van der Waals surface area (Å²) >= 11 is 0. The van der Waals surface area contributed by atoms with Crippen molar-refractivity contribution in [3.63, 3.8) is 0 Å². The normalized spacial score (nSPS) is 14.6. The highest BCUT2D eigenvalue weighted by Gasteiger charge is 2.22. The Hall–Kier alpha value is -4.70. The largest absolute Gasteiger partial charge is 0.497 e. The van der Waals surface area contributed by atoms with E-state index in [2.05, 4.69) is 10.6 Å². The lowest BCUT2D eigenvalue weighted by atomic mass is 10.1. The van der Waals surface area contributed by atoms with Crippen LogP contribution in [0.15, 0.2) is 82.4 Å². The maximum absolute atomic E-state index is 13.6. The maximum Gasteiger partial charge on any atom is 0.332 e. The number of carbonyl (C=O) groups is 2. The van der Waals surface area contributed by atoms with Crippen molar-refractivity contribution in [1.82, 2.24) is 14.5 Å². The van der Waals surface area contributed by atoms with Gasteiger partial charge in [0.25, 0.3) is 11.5 Å². The molecule has 3 aromatic carbocycles. The van der Waals surface area contributed by atoms with Gasteiger partial charge in [-0.25, -0.2) is 4.79 Å². The van der Waals surface area contributed by atoms with Gasteiger partial charge in [0.15, 0.2) is 0 Å². The molecule has 0 spiro atoms. The number of fused-ring (bicyclic) bond motifs is 1. The highest BCUT2D eigenvalue weighted by atomic mass is 16.5. The number of hydrogen-bond acceptors (Lipinski definition) is 6. The summed E-state index contributed by atoms with van der Waals surface area (Å²) < 4.78 is 13.2. The summed E-state index contributed by atoms with van der Waals surface area (Å²) in [6.45, 7) is 0.733. The van der Waals surface area contributed by atoms with Crippen molar-refractivity contribution in [2.75, 3.05) is 25.6 Å². The molecular formula is C31H32N4O6. The van der Waals surface area contributed by atoms with Crippen LogP contribution in [0.4, 0.5) is 5.69 Å². The first-order valence-electron chi connectivity index (χ1n) is 13.6. The highest BCUT2D eigenvalue weighted by molar-refractivity contribution is 5.98. The van der Waals surface area contributed by atoms with E-state index in [1.54, 1.807) is 37.4 Å². The van der Waals surface area contributed by atoms with Crippen molar-refractivity contribution in [1.29, 1.82) is 0 Å². The Morgan fingerprint density at radius 1 is 1.00 bits per heavy atom. The van der Waals surface area contributed by atoms with Crippen LogP contribution in [0, 0.1) is 0 Å². The molecule has 10 nitrogen and oxygen atoms in total. The summed E-state index contributed by atoms with van der Waals surface area (Å²) in [5.41, 5.74) is 0.997. The number of amides is 2. The molecule has 1 unspecified atom stereocenters. The van der Waals surface area contributed by atoms with Crippen LogP contribution in [0.1, 0.15) is 28.8 Å². The van der Waals surface area contributed by atoms with Crippen molar-refractivity contribution in [2.45, 2.75) is 38.5 Å². The third-order valence-electron chi connectivity index (χ3n) is 7.12. The Kier molecular flexibility index (Phi) is 8.59. The second kappa shape index (κ2) is 12.6. The van der Waals surface area contributed by atoms with E-state index in [-0.39, 0.29) is 41.6 Å². The molecule has 2 amide bonds. The third-order valence-corrected chi connectivity index (χ3v) is 7.12. The van der Waals surface area contributed by atoms with Gasteiger partial charge in [-0.05, 0) is 67.3 Å². The van der Waals surface area contributed by atoms with Gasteiger partial charge in [-0.2, -0.15) is 0 Å². The zero-order valence-electron chi connectivity index (χ0n) is 22.8. The first-order valence-corrected chi connectivity index (χ1v) is 13.6. The Labute approximate surface area is 236 Å². The van der Waals surface area contributed by atoms with Gasteiger partial charge in [0.2, 0.25) is 5.91 Å². The van der Waals surface area contributed by atoms with Gasteiger partial charge in [0.05, 0.1) is 30.7 Å². The summed E-state index contributed by atoms with van der Waals surface area (Å²) in [5.74, 6) is -0.160. The van der Waals surface area contributed by atoms with Gasteiger partial charge in [-0.1, -0.05) is 30.3 Å². The van der Waals surface area contributed by atoms with E-state index in [4.69, 9.17) is 9.47 Å². The monoisotopic (exact) mass is 556 g/mol. The molecule has 0 radical (unpaired) electrons. The molecule has 1 saturated heterocycles. The van der Waals surface area contributed by atoms with E-state index >= 15 is 0 Å². The van der Waals surface area contributed by atoms with Crippen LogP contribution >= 0.6 is 0 Å². The number of nitrogens with zero attached hydrogens (tertiary/aromatic N) is 2. The van der Waals surface area contributed by atoms with Crippen molar-refractivity contribution >= 4 is 28.4 Å².